The molecule has 0 unspecified atom stereocenters. The van der Waals surface area contributed by atoms with E-state index in [4.69, 9.17) is 5.11 Å². The van der Waals surface area contributed by atoms with Crippen molar-refractivity contribution < 1.29 is 27.5 Å². The number of carboxylic acids is 1. The predicted octanol–water partition coefficient (Wildman–Crippen LogP) is 4.49. The number of carboxylic acid groups (broad SMARTS) is 1. The van der Waals surface area contributed by atoms with Gasteiger partial charge in [0.05, 0.1) is 29.7 Å². The molecule has 3 heterocycles. The number of benzene rings is 1. The fourth-order valence-electron chi connectivity index (χ4n) is 3.32. The number of hydrogen-bond acceptors (Lipinski definition) is 5. The van der Waals surface area contributed by atoms with Gasteiger partial charge in [-0.25, -0.2) is 24.1 Å². The van der Waals surface area contributed by atoms with E-state index in [1.165, 1.54) is 11.0 Å². The molecule has 7 nitrogen and oxygen atoms in total. The molecule has 0 bridgehead atoms. The van der Waals surface area contributed by atoms with Crippen LogP contribution in [0.5, 0.6) is 0 Å². The molecule has 1 fully saturated rings. The number of aromatic nitrogens is 4. The maximum atomic E-state index is 13.9. The Labute approximate surface area is 185 Å². The number of nitrogens with zero attached hydrogens (tertiary/aromatic N) is 4. The standard InChI is InChI=1S/C22H19F4N5O2/c1-12(14-8-27-20(28-9-14)31-10-21(23,11-31)19(32)33)3-4-13(2)18-29-16-6-5-15(22(24,25)26)7-17(16)30-18/h3-9H,10-11H2,1-2H3,(H,29,30)(H,32,33)/b12-3+,13-4+. The normalized spacial score (nSPS) is 16.7. The molecule has 0 saturated carbocycles. The van der Waals surface area contributed by atoms with E-state index in [-0.39, 0.29) is 19.0 Å². The minimum Gasteiger partial charge on any atom is -0.479 e. The van der Waals surface area contributed by atoms with Crippen molar-refractivity contribution >= 4 is 34.1 Å². The summed E-state index contributed by atoms with van der Waals surface area (Å²) in [6.45, 7) is 3.00. The minimum atomic E-state index is -4.43. The van der Waals surface area contributed by atoms with Crippen molar-refractivity contribution in [3.63, 3.8) is 0 Å². The summed E-state index contributed by atoms with van der Waals surface area (Å²) in [5.41, 5.74) is -0.0666. The van der Waals surface area contributed by atoms with Crippen molar-refractivity contribution in [2.75, 3.05) is 18.0 Å². The van der Waals surface area contributed by atoms with Crippen LogP contribution in [0.2, 0.25) is 0 Å². The number of allylic oxidation sites excluding steroid dienone is 4. The van der Waals surface area contributed by atoms with Gasteiger partial charge in [0, 0.05) is 18.0 Å². The van der Waals surface area contributed by atoms with Crippen LogP contribution in [0.4, 0.5) is 23.5 Å². The van der Waals surface area contributed by atoms with Gasteiger partial charge in [-0.2, -0.15) is 13.2 Å². The first-order valence-corrected chi connectivity index (χ1v) is 9.88. The van der Waals surface area contributed by atoms with E-state index in [0.717, 1.165) is 17.7 Å². The van der Waals surface area contributed by atoms with E-state index in [1.807, 2.05) is 6.92 Å². The quantitative estimate of drug-likeness (QED) is 0.430. The lowest BCUT2D eigenvalue weighted by molar-refractivity contribution is -0.152. The van der Waals surface area contributed by atoms with Gasteiger partial charge in [-0.05, 0) is 43.2 Å². The number of carbonyl (C=O) groups is 1. The van der Waals surface area contributed by atoms with Crippen LogP contribution in [-0.2, 0) is 11.0 Å². The summed E-state index contributed by atoms with van der Waals surface area (Å²) in [7, 11) is 0. The lowest BCUT2D eigenvalue weighted by Gasteiger charge is -2.41. The molecular weight excluding hydrogens is 442 g/mol. The average molecular weight is 461 g/mol. The molecule has 1 aliphatic heterocycles. The highest BCUT2D eigenvalue weighted by Gasteiger charge is 2.51. The Morgan fingerprint density at radius 2 is 1.79 bits per heavy atom. The molecule has 3 aromatic rings. The van der Waals surface area contributed by atoms with E-state index in [0.29, 0.717) is 28.0 Å². The molecule has 0 spiro atoms. The molecule has 2 N–H and O–H groups in total. The third-order valence-corrected chi connectivity index (χ3v) is 5.41. The first-order valence-electron chi connectivity index (χ1n) is 9.88. The zero-order valence-electron chi connectivity index (χ0n) is 17.6. The first kappa shape index (κ1) is 22.4. The number of imidazole rings is 1. The zero-order valence-corrected chi connectivity index (χ0v) is 17.6. The van der Waals surface area contributed by atoms with Crippen molar-refractivity contribution in [2.24, 2.45) is 0 Å². The highest BCUT2D eigenvalue weighted by Crippen LogP contribution is 2.31. The van der Waals surface area contributed by atoms with Crippen molar-refractivity contribution in [2.45, 2.75) is 25.7 Å². The van der Waals surface area contributed by atoms with Gasteiger partial charge in [0.1, 0.15) is 5.82 Å². The lowest BCUT2D eigenvalue weighted by Crippen LogP contribution is -2.64. The van der Waals surface area contributed by atoms with Crippen LogP contribution in [0.15, 0.2) is 42.7 Å². The minimum absolute atomic E-state index is 0.244. The van der Waals surface area contributed by atoms with E-state index < -0.39 is 23.4 Å². The summed E-state index contributed by atoms with van der Waals surface area (Å²) in [6.07, 6.45) is 2.24. The summed E-state index contributed by atoms with van der Waals surface area (Å²) in [4.78, 5) is 27.9. The Morgan fingerprint density at radius 3 is 2.39 bits per heavy atom. The summed E-state index contributed by atoms with van der Waals surface area (Å²) >= 11 is 0. The number of hydrogen-bond donors (Lipinski definition) is 2. The van der Waals surface area contributed by atoms with Crippen LogP contribution in [0.1, 0.15) is 30.8 Å². The van der Waals surface area contributed by atoms with Crippen LogP contribution in [0.25, 0.3) is 22.2 Å². The average Bonchev–Trinajstić information content (AvgIpc) is 3.18. The van der Waals surface area contributed by atoms with Gasteiger partial charge >= 0.3 is 12.1 Å². The maximum Gasteiger partial charge on any atom is 0.416 e. The van der Waals surface area contributed by atoms with Crippen LogP contribution in [0, 0.1) is 0 Å². The first-order chi connectivity index (χ1) is 15.5. The van der Waals surface area contributed by atoms with Crippen LogP contribution in [0.3, 0.4) is 0 Å². The molecule has 0 aliphatic carbocycles. The Balaban J connectivity index is 1.47. The summed E-state index contributed by atoms with van der Waals surface area (Å²) in [6, 6.07) is 3.35. The van der Waals surface area contributed by atoms with Gasteiger partial charge in [-0.15, -0.1) is 0 Å². The Hall–Kier alpha value is -3.76. The molecule has 1 saturated heterocycles. The molecule has 2 aromatic heterocycles. The molecule has 172 valence electrons. The van der Waals surface area contributed by atoms with E-state index >= 15 is 0 Å². The monoisotopic (exact) mass is 461 g/mol. The number of alkyl halides is 4. The number of halogens is 4. The van der Waals surface area contributed by atoms with Crippen LogP contribution in [-0.4, -0.2) is 49.8 Å². The molecule has 0 atom stereocenters. The highest BCUT2D eigenvalue weighted by atomic mass is 19.4. The number of aromatic amines is 1. The van der Waals surface area contributed by atoms with Gasteiger partial charge in [-0.3, -0.25) is 0 Å². The van der Waals surface area contributed by atoms with Crippen LogP contribution < -0.4 is 4.90 Å². The number of H-pyrrole nitrogens is 1. The Morgan fingerprint density at radius 1 is 1.15 bits per heavy atom. The second-order valence-electron chi connectivity index (χ2n) is 7.91. The number of aliphatic carboxylic acids is 1. The third-order valence-electron chi connectivity index (χ3n) is 5.41. The topological polar surface area (TPSA) is 95.0 Å². The number of nitrogens with one attached hydrogen (secondary N) is 1. The fraction of sp³-hybridized carbons (Fsp3) is 0.273. The van der Waals surface area contributed by atoms with Gasteiger partial charge in [0.15, 0.2) is 0 Å². The number of anilines is 1. The second-order valence-corrected chi connectivity index (χ2v) is 7.91. The third kappa shape index (κ3) is 4.43. The molecule has 0 amide bonds. The fourth-order valence-corrected chi connectivity index (χ4v) is 3.32. The molecule has 11 heteroatoms. The summed E-state index contributed by atoms with van der Waals surface area (Å²) < 4.78 is 52.6. The lowest BCUT2D eigenvalue weighted by atomic mass is 9.97. The number of fused-ring (bicyclic) bond motifs is 1. The molecule has 1 aromatic carbocycles. The highest BCUT2D eigenvalue weighted by molar-refractivity contribution is 5.82. The molecular formula is C22H19F4N5O2. The van der Waals surface area contributed by atoms with E-state index in [2.05, 4.69) is 19.9 Å². The summed E-state index contributed by atoms with van der Waals surface area (Å²) in [5.74, 6) is -0.805. The largest absolute Gasteiger partial charge is 0.479 e. The van der Waals surface area contributed by atoms with Crippen molar-refractivity contribution in [1.82, 2.24) is 19.9 Å². The second kappa shape index (κ2) is 7.98. The Kier molecular flexibility index (Phi) is 5.43. The van der Waals surface area contributed by atoms with Crippen LogP contribution >= 0.6 is 0 Å². The van der Waals surface area contributed by atoms with Gasteiger partial charge in [-0.1, -0.05) is 12.2 Å². The molecule has 33 heavy (non-hydrogen) atoms. The predicted molar refractivity (Wildman–Crippen MR) is 114 cm³/mol. The smallest absolute Gasteiger partial charge is 0.416 e. The van der Waals surface area contributed by atoms with Crippen molar-refractivity contribution in [3.05, 3.63) is 59.7 Å². The maximum absolute atomic E-state index is 13.9. The van der Waals surface area contributed by atoms with Crippen molar-refractivity contribution in [1.29, 1.82) is 0 Å². The van der Waals surface area contributed by atoms with E-state index in [9.17, 15) is 22.4 Å². The van der Waals surface area contributed by atoms with Gasteiger partial charge < -0.3 is 15.0 Å². The molecule has 4 rings (SSSR count). The van der Waals surface area contributed by atoms with Gasteiger partial charge in [0.2, 0.25) is 11.6 Å². The molecule has 0 radical (unpaired) electrons. The SMILES string of the molecule is C/C(=C\C=C(/C)c1nc2ccc(C(F)(F)F)cc2[nH]1)c1cnc(N2CC(F)(C(=O)O)C2)nc1. The Bertz CT molecular complexity index is 1270. The van der Waals surface area contributed by atoms with E-state index in [1.54, 1.807) is 31.5 Å². The zero-order chi connectivity index (χ0) is 24.0. The van der Waals surface area contributed by atoms with Crippen molar-refractivity contribution in [3.8, 4) is 0 Å². The summed E-state index contributed by atoms with van der Waals surface area (Å²) in [5, 5.41) is 8.84. The molecule has 1 aliphatic rings. The number of rotatable bonds is 5. The van der Waals surface area contributed by atoms with Gasteiger partial charge in [0.25, 0.3) is 0 Å².